The van der Waals surface area contributed by atoms with E-state index in [-0.39, 0.29) is 0 Å². The van der Waals surface area contributed by atoms with E-state index < -0.39 is 0 Å². The molecular formula is C18H26N2O2. The van der Waals surface area contributed by atoms with Gasteiger partial charge in [-0.25, -0.2) is 0 Å². The van der Waals surface area contributed by atoms with Crippen LogP contribution < -0.4 is 4.74 Å². The molecule has 0 amide bonds. The Balaban J connectivity index is 1.80. The first kappa shape index (κ1) is 16.4. The predicted octanol–water partition coefficient (Wildman–Crippen LogP) is 3.18. The largest absolute Gasteiger partial charge is 0.492 e. The van der Waals surface area contributed by atoms with Crippen molar-refractivity contribution in [3.8, 4) is 5.75 Å². The lowest BCUT2D eigenvalue weighted by Gasteiger charge is -2.17. The predicted molar refractivity (Wildman–Crippen MR) is 90.6 cm³/mol. The summed E-state index contributed by atoms with van der Waals surface area (Å²) in [5.74, 6) is 1.81. The highest BCUT2D eigenvalue weighted by atomic mass is 16.5. The molecule has 0 fully saturated rings. The number of hydrogen-bond donors (Lipinski definition) is 0. The summed E-state index contributed by atoms with van der Waals surface area (Å²) in [5, 5.41) is 0. The van der Waals surface area contributed by atoms with Crippen LogP contribution in [0.1, 0.15) is 19.4 Å². The van der Waals surface area contributed by atoms with Crippen molar-refractivity contribution >= 4 is 6.08 Å². The van der Waals surface area contributed by atoms with Crippen molar-refractivity contribution in [1.29, 1.82) is 0 Å². The first-order valence-corrected chi connectivity index (χ1v) is 7.89. The number of ether oxygens (including phenoxy) is 2. The van der Waals surface area contributed by atoms with Gasteiger partial charge in [-0.3, -0.25) is 0 Å². The second kappa shape index (κ2) is 8.49. The third-order valence-corrected chi connectivity index (χ3v) is 3.67. The smallest absolute Gasteiger partial charge is 0.161 e. The first-order chi connectivity index (χ1) is 10.7. The topological polar surface area (TPSA) is 24.9 Å². The monoisotopic (exact) mass is 302 g/mol. The average molecular weight is 302 g/mol. The summed E-state index contributed by atoms with van der Waals surface area (Å²) >= 11 is 0. The number of hydrogen-bond acceptors (Lipinski definition) is 4. The fourth-order valence-corrected chi connectivity index (χ4v) is 2.25. The minimum absolute atomic E-state index is 0.624. The van der Waals surface area contributed by atoms with Gasteiger partial charge in [0.15, 0.2) is 6.73 Å². The van der Waals surface area contributed by atoms with Crippen molar-refractivity contribution in [2.24, 2.45) is 0 Å². The fourth-order valence-electron chi connectivity index (χ4n) is 2.25. The van der Waals surface area contributed by atoms with Gasteiger partial charge >= 0.3 is 0 Å². The minimum Gasteiger partial charge on any atom is -0.492 e. The Hall–Kier alpha value is -1.94. The molecule has 120 valence electrons. The SMILES string of the molecule is CCN(CC)CCOc1ccc(C=CC2=CN(C)CO2)cc1. The third-order valence-electron chi connectivity index (χ3n) is 3.67. The molecule has 0 N–H and O–H groups in total. The Labute approximate surface area is 133 Å². The van der Waals surface area contributed by atoms with Gasteiger partial charge in [0.05, 0.1) is 0 Å². The van der Waals surface area contributed by atoms with Crippen LogP contribution in [0.2, 0.25) is 0 Å². The molecule has 1 aromatic carbocycles. The Bertz CT molecular complexity index is 504. The van der Waals surface area contributed by atoms with Gasteiger partial charge in [0.25, 0.3) is 0 Å². The van der Waals surface area contributed by atoms with E-state index in [1.807, 2.05) is 42.4 Å². The van der Waals surface area contributed by atoms with Gasteiger partial charge in [-0.05, 0) is 36.9 Å². The van der Waals surface area contributed by atoms with E-state index in [4.69, 9.17) is 9.47 Å². The summed E-state index contributed by atoms with van der Waals surface area (Å²) in [6.07, 6.45) is 6.02. The van der Waals surface area contributed by atoms with Gasteiger partial charge in [0, 0.05) is 19.8 Å². The molecule has 4 nitrogen and oxygen atoms in total. The first-order valence-electron chi connectivity index (χ1n) is 7.89. The summed E-state index contributed by atoms with van der Waals surface area (Å²) in [6.45, 7) is 8.79. The van der Waals surface area contributed by atoms with E-state index in [1.54, 1.807) is 0 Å². The minimum atomic E-state index is 0.624. The molecule has 0 spiro atoms. The average Bonchev–Trinajstić information content (AvgIpc) is 2.96. The highest BCUT2D eigenvalue weighted by molar-refractivity contribution is 5.53. The number of rotatable bonds is 8. The zero-order valence-corrected chi connectivity index (χ0v) is 13.8. The van der Waals surface area contributed by atoms with Gasteiger partial charge in [0.2, 0.25) is 0 Å². The van der Waals surface area contributed by atoms with E-state index in [1.165, 1.54) is 0 Å². The molecule has 0 aromatic heterocycles. The molecule has 0 saturated carbocycles. The number of nitrogens with zero attached hydrogens (tertiary/aromatic N) is 2. The number of benzene rings is 1. The van der Waals surface area contributed by atoms with Gasteiger partial charge in [-0.15, -0.1) is 0 Å². The lowest BCUT2D eigenvalue weighted by Crippen LogP contribution is -2.27. The zero-order valence-electron chi connectivity index (χ0n) is 13.8. The molecule has 0 saturated heterocycles. The highest BCUT2D eigenvalue weighted by Gasteiger charge is 2.05. The van der Waals surface area contributed by atoms with Crippen molar-refractivity contribution in [3.63, 3.8) is 0 Å². The molecule has 0 radical (unpaired) electrons. The van der Waals surface area contributed by atoms with Crippen LogP contribution in [0.15, 0.2) is 42.3 Å². The van der Waals surface area contributed by atoms with Gasteiger partial charge in [-0.2, -0.15) is 0 Å². The van der Waals surface area contributed by atoms with E-state index in [0.29, 0.717) is 6.73 Å². The molecule has 22 heavy (non-hydrogen) atoms. The van der Waals surface area contributed by atoms with E-state index >= 15 is 0 Å². The Morgan fingerprint density at radius 3 is 2.50 bits per heavy atom. The molecule has 0 bridgehead atoms. The van der Waals surface area contributed by atoms with Crippen LogP contribution in [0.3, 0.4) is 0 Å². The van der Waals surface area contributed by atoms with Crippen LogP contribution in [0.25, 0.3) is 6.08 Å². The maximum absolute atomic E-state index is 5.78. The summed E-state index contributed by atoms with van der Waals surface area (Å²) < 4.78 is 11.3. The molecule has 1 aliphatic heterocycles. The summed E-state index contributed by atoms with van der Waals surface area (Å²) in [4.78, 5) is 4.36. The molecule has 1 aliphatic rings. The molecular weight excluding hydrogens is 276 g/mol. The molecule has 1 aromatic rings. The Kier molecular flexibility index (Phi) is 6.34. The maximum Gasteiger partial charge on any atom is 0.161 e. The second-order valence-electron chi connectivity index (χ2n) is 5.34. The van der Waals surface area contributed by atoms with Crippen molar-refractivity contribution < 1.29 is 9.47 Å². The summed E-state index contributed by atoms with van der Waals surface area (Å²) in [6, 6.07) is 8.14. The van der Waals surface area contributed by atoms with Crippen LogP contribution in [0.5, 0.6) is 5.75 Å². The van der Waals surface area contributed by atoms with Crippen molar-refractivity contribution in [3.05, 3.63) is 47.9 Å². The lowest BCUT2D eigenvalue weighted by atomic mass is 10.2. The molecule has 4 heteroatoms. The fraction of sp³-hybridized carbons (Fsp3) is 0.444. The Morgan fingerprint density at radius 1 is 1.18 bits per heavy atom. The van der Waals surface area contributed by atoms with Crippen molar-refractivity contribution in [2.45, 2.75) is 13.8 Å². The van der Waals surface area contributed by atoms with E-state index in [0.717, 1.165) is 43.3 Å². The molecule has 2 rings (SSSR count). The van der Waals surface area contributed by atoms with Gasteiger partial charge in [0.1, 0.15) is 18.1 Å². The standard InChI is InChI=1S/C18H26N2O2/c1-4-20(5-2)12-13-21-17-9-6-16(7-10-17)8-11-18-14-19(3)15-22-18/h6-11,14H,4-5,12-13,15H2,1-3H3. The molecule has 0 atom stereocenters. The van der Waals surface area contributed by atoms with Gasteiger partial charge < -0.3 is 19.3 Å². The molecule has 0 unspecified atom stereocenters. The zero-order chi connectivity index (χ0) is 15.8. The molecule has 1 heterocycles. The van der Waals surface area contributed by atoms with Gasteiger partial charge in [-0.1, -0.05) is 32.1 Å². The highest BCUT2D eigenvalue weighted by Crippen LogP contribution is 2.16. The number of allylic oxidation sites excluding steroid dienone is 1. The maximum atomic E-state index is 5.78. The molecule has 0 aliphatic carbocycles. The number of likely N-dealkylation sites (N-methyl/N-ethyl adjacent to an activating group) is 1. The van der Waals surface area contributed by atoms with Crippen molar-refractivity contribution in [2.75, 3.05) is 40.0 Å². The van der Waals surface area contributed by atoms with Crippen LogP contribution in [0, 0.1) is 0 Å². The van der Waals surface area contributed by atoms with Crippen LogP contribution in [-0.2, 0) is 4.74 Å². The lowest BCUT2D eigenvalue weighted by molar-refractivity contribution is 0.177. The van der Waals surface area contributed by atoms with Crippen molar-refractivity contribution in [1.82, 2.24) is 9.80 Å². The van der Waals surface area contributed by atoms with Crippen LogP contribution >= 0.6 is 0 Å². The normalized spacial score (nSPS) is 14.5. The second-order valence-corrected chi connectivity index (χ2v) is 5.34. The summed E-state index contributed by atoms with van der Waals surface area (Å²) in [5.41, 5.74) is 1.13. The Morgan fingerprint density at radius 2 is 1.91 bits per heavy atom. The van der Waals surface area contributed by atoms with E-state index in [2.05, 4.69) is 30.9 Å². The third kappa shape index (κ3) is 5.11. The van der Waals surface area contributed by atoms with Crippen LogP contribution in [0.4, 0.5) is 0 Å². The van der Waals surface area contributed by atoms with E-state index in [9.17, 15) is 0 Å². The quantitative estimate of drug-likeness (QED) is 0.736. The van der Waals surface area contributed by atoms with Crippen LogP contribution in [-0.4, -0.2) is 49.8 Å². The summed E-state index contributed by atoms with van der Waals surface area (Å²) in [7, 11) is 1.99.